The van der Waals surface area contributed by atoms with Crippen LogP contribution in [0.15, 0.2) is 12.2 Å². The highest BCUT2D eigenvalue weighted by Crippen LogP contribution is 2.36. The number of hydrogen-bond acceptors (Lipinski definition) is 3. The molecule has 1 N–H and O–H groups in total. The van der Waals surface area contributed by atoms with Crippen LogP contribution in [0.3, 0.4) is 0 Å². The minimum absolute atomic E-state index is 0.0466. The molecule has 0 spiro atoms. The maximum atomic E-state index is 11.7. The van der Waals surface area contributed by atoms with Gasteiger partial charge in [0, 0.05) is 14.0 Å². The fourth-order valence-corrected chi connectivity index (χ4v) is 4.56. The first-order chi connectivity index (χ1) is 15.0. The maximum Gasteiger partial charge on any atom is 0.217 e. The van der Waals surface area contributed by atoms with E-state index in [2.05, 4.69) is 58.3 Å². The second-order valence-electron chi connectivity index (χ2n) is 10.8. The number of methoxy groups -OCH3 is 1. The highest BCUT2D eigenvalue weighted by molar-refractivity contribution is 6.74. The third-order valence-electron chi connectivity index (χ3n) is 6.79. The van der Waals surface area contributed by atoms with Crippen LogP contribution in [0, 0.1) is 0 Å². The molecule has 190 valence electrons. The van der Waals surface area contributed by atoms with E-state index >= 15 is 0 Å². The molecule has 0 aromatic rings. The molecule has 1 amide bonds. The normalized spacial score (nSPS) is 14.6. The fraction of sp³-hybridized carbons (Fsp3) is 0.889. The summed E-state index contributed by atoms with van der Waals surface area (Å²) in [6.45, 7) is 15.5. The first-order valence-electron chi connectivity index (χ1n) is 13.2. The fourth-order valence-electron chi connectivity index (χ4n) is 3.53. The van der Waals surface area contributed by atoms with Gasteiger partial charge in [0.25, 0.3) is 0 Å². The minimum atomic E-state index is -1.88. The summed E-state index contributed by atoms with van der Waals surface area (Å²) in [5, 5.41) is 3.17. The highest BCUT2D eigenvalue weighted by atomic mass is 28.4. The van der Waals surface area contributed by atoms with E-state index in [1.165, 1.54) is 70.6 Å². The second kappa shape index (κ2) is 17.8. The Balaban J connectivity index is 4.27. The number of hydrogen-bond donors (Lipinski definition) is 1. The van der Waals surface area contributed by atoms with Crippen molar-refractivity contribution in [1.82, 2.24) is 5.32 Å². The van der Waals surface area contributed by atoms with E-state index in [1.54, 1.807) is 14.0 Å². The number of nitrogens with one attached hydrogen (secondary N) is 1. The summed E-state index contributed by atoms with van der Waals surface area (Å²) in [6.07, 6.45) is 20.2. The molecule has 5 heteroatoms. The molecule has 0 rings (SSSR count). The van der Waals surface area contributed by atoms with Gasteiger partial charge in [0.15, 0.2) is 8.32 Å². The molecule has 0 aliphatic carbocycles. The molecular weight excluding hydrogens is 414 g/mol. The Morgan fingerprint density at radius 1 is 0.938 bits per heavy atom. The molecule has 0 aromatic heterocycles. The van der Waals surface area contributed by atoms with Crippen LogP contribution in [-0.2, 0) is 14.0 Å². The lowest BCUT2D eigenvalue weighted by Gasteiger charge is -2.38. The third-order valence-corrected chi connectivity index (χ3v) is 11.3. The van der Waals surface area contributed by atoms with E-state index in [1.807, 2.05) is 0 Å². The van der Waals surface area contributed by atoms with Crippen LogP contribution < -0.4 is 5.32 Å². The van der Waals surface area contributed by atoms with Gasteiger partial charge in [0.2, 0.25) is 5.91 Å². The van der Waals surface area contributed by atoms with Gasteiger partial charge in [-0.2, -0.15) is 0 Å². The van der Waals surface area contributed by atoms with Gasteiger partial charge in [-0.3, -0.25) is 4.79 Å². The van der Waals surface area contributed by atoms with Gasteiger partial charge >= 0.3 is 0 Å². The lowest BCUT2D eigenvalue weighted by molar-refractivity contribution is -0.120. The number of allylic oxidation sites excluding steroid dienone is 1. The van der Waals surface area contributed by atoms with Crippen molar-refractivity contribution in [3.63, 3.8) is 0 Å². The second-order valence-corrected chi connectivity index (χ2v) is 15.6. The predicted molar refractivity (Wildman–Crippen MR) is 142 cm³/mol. The highest BCUT2D eigenvalue weighted by Gasteiger charge is 2.38. The molecule has 0 unspecified atom stereocenters. The first kappa shape index (κ1) is 31.3. The first-order valence-corrected chi connectivity index (χ1v) is 16.1. The van der Waals surface area contributed by atoms with Gasteiger partial charge in [-0.1, -0.05) is 104 Å². The van der Waals surface area contributed by atoms with Gasteiger partial charge in [0.1, 0.15) is 0 Å². The Hall–Kier alpha value is -0.653. The van der Waals surface area contributed by atoms with Crippen LogP contribution in [-0.4, -0.2) is 40.1 Å². The molecule has 0 aromatic carbocycles. The zero-order chi connectivity index (χ0) is 24.5. The summed E-state index contributed by atoms with van der Waals surface area (Å²) in [6, 6.07) is -0.166. The Kier molecular flexibility index (Phi) is 17.4. The molecule has 2 atom stereocenters. The smallest absolute Gasteiger partial charge is 0.217 e. The topological polar surface area (TPSA) is 47.6 Å². The molecule has 0 saturated carbocycles. The van der Waals surface area contributed by atoms with Crippen molar-refractivity contribution < 1.29 is 14.0 Å². The standard InChI is InChI=1S/C27H55NO3Si/c1-9-10-11-12-13-14-15-16-17-18-19-20-21-22-26(30-6)25(28-24(2)29)23-31-32(7,8)27(3,4)5/h21-22,25-26H,9-20,23H2,1-8H3,(H,28,29)/b22-21+/t25-,26+/m0/s1. The lowest BCUT2D eigenvalue weighted by Crippen LogP contribution is -2.50. The number of rotatable bonds is 19. The molecule has 0 bridgehead atoms. The molecule has 0 aliphatic rings. The van der Waals surface area contributed by atoms with Crippen molar-refractivity contribution in [2.45, 2.75) is 142 Å². The molecule has 0 heterocycles. The summed E-state index contributed by atoms with van der Waals surface area (Å²) in [7, 11) is -0.173. The summed E-state index contributed by atoms with van der Waals surface area (Å²) in [4.78, 5) is 11.7. The van der Waals surface area contributed by atoms with Gasteiger partial charge in [-0.05, 0) is 31.0 Å². The van der Waals surface area contributed by atoms with Gasteiger partial charge in [0.05, 0.1) is 18.8 Å². The van der Waals surface area contributed by atoms with Gasteiger partial charge < -0.3 is 14.5 Å². The quantitative estimate of drug-likeness (QED) is 0.119. The molecule has 0 radical (unpaired) electrons. The Morgan fingerprint density at radius 3 is 1.88 bits per heavy atom. The monoisotopic (exact) mass is 469 g/mol. The maximum absolute atomic E-state index is 11.7. The van der Waals surface area contributed by atoms with Crippen molar-refractivity contribution >= 4 is 14.2 Å². The Morgan fingerprint density at radius 2 is 1.44 bits per heavy atom. The SMILES string of the molecule is CCCCCCCCCCCCC/C=C/[C@@H](OC)[C@H](CO[Si](C)(C)C(C)(C)C)NC(C)=O. The average molecular weight is 470 g/mol. The van der Waals surface area contributed by atoms with Gasteiger partial charge in [-0.15, -0.1) is 0 Å². The van der Waals surface area contributed by atoms with Crippen molar-refractivity contribution in [1.29, 1.82) is 0 Å². The Labute approximate surface area is 201 Å². The van der Waals surface area contributed by atoms with E-state index < -0.39 is 8.32 Å². The molecule has 0 fully saturated rings. The van der Waals surface area contributed by atoms with E-state index in [9.17, 15) is 4.79 Å². The van der Waals surface area contributed by atoms with E-state index in [-0.39, 0.29) is 23.1 Å². The van der Waals surface area contributed by atoms with Crippen molar-refractivity contribution in [3.05, 3.63) is 12.2 Å². The van der Waals surface area contributed by atoms with Crippen molar-refractivity contribution in [3.8, 4) is 0 Å². The molecule has 0 aliphatic heterocycles. The lowest BCUT2D eigenvalue weighted by atomic mass is 10.0. The van der Waals surface area contributed by atoms with Crippen LogP contribution in [0.25, 0.3) is 0 Å². The molecular formula is C27H55NO3Si. The number of ether oxygens (including phenoxy) is 1. The largest absolute Gasteiger partial charge is 0.415 e. The minimum Gasteiger partial charge on any atom is -0.415 e. The summed E-state index contributed by atoms with van der Waals surface area (Å²) >= 11 is 0. The Bertz CT molecular complexity index is 500. The number of carbonyl (C=O) groups is 1. The van der Waals surface area contributed by atoms with Crippen LogP contribution in [0.4, 0.5) is 0 Å². The average Bonchev–Trinajstić information content (AvgIpc) is 2.70. The predicted octanol–water partition coefficient (Wildman–Crippen LogP) is 7.79. The van der Waals surface area contributed by atoms with Crippen LogP contribution in [0.1, 0.15) is 112 Å². The van der Waals surface area contributed by atoms with E-state index in [0.717, 1.165) is 6.42 Å². The third kappa shape index (κ3) is 15.2. The summed E-state index contributed by atoms with van der Waals surface area (Å²) in [5.41, 5.74) is 0. The van der Waals surface area contributed by atoms with Crippen LogP contribution in [0.2, 0.25) is 18.1 Å². The molecule has 0 saturated heterocycles. The van der Waals surface area contributed by atoms with Crippen molar-refractivity contribution in [2.75, 3.05) is 13.7 Å². The van der Waals surface area contributed by atoms with E-state index in [0.29, 0.717) is 6.61 Å². The van der Waals surface area contributed by atoms with Crippen molar-refractivity contribution in [2.24, 2.45) is 0 Å². The van der Waals surface area contributed by atoms with Gasteiger partial charge in [-0.25, -0.2) is 0 Å². The summed E-state index contributed by atoms with van der Waals surface area (Å²) in [5.74, 6) is -0.0466. The number of carbonyl (C=O) groups excluding carboxylic acids is 1. The van der Waals surface area contributed by atoms with Crippen LogP contribution >= 0.6 is 0 Å². The molecule has 4 nitrogen and oxygen atoms in total. The summed E-state index contributed by atoms with van der Waals surface area (Å²) < 4.78 is 12.1. The zero-order valence-corrected chi connectivity index (χ0v) is 23.7. The van der Waals surface area contributed by atoms with Crippen LogP contribution in [0.5, 0.6) is 0 Å². The number of unbranched alkanes of at least 4 members (excludes halogenated alkanes) is 11. The number of amides is 1. The molecule has 32 heavy (non-hydrogen) atoms. The van der Waals surface area contributed by atoms with E-state index in [4.69, 9.17) is 9.16 Å². The zero-order valence-electron chi connectivity index (χ0n) is 22.7.